The van der Waals surface area contributed by atoms with Gasteiger partial charge >= 0.3 is 0 Å². The van der Waals surface area contributed by atoms with Gasteiger partial charge in [-0.25, -0.2) is 0 Å². The lowest BCUT2D eigenvalue weighted by atomic mass is 10.1. The van der Waals surface area contributed by atoms with Crippen molar-refractivity contribution in [3.05, 3.63) is 65.8 Å². The van der Waals surface area contributed by atoms with Crippen molar-refractivity contribution in [3.63, 3.8) is 0 Å². The number of pyridine rings is 1. The molecule has 0 saturated heterocycles. The molecule has 148 valence electrons. The van der Waals surface area contributed by atoms with E-state index < -0.39 is 0 Å². The molecule has 3 aromatic rings. The van der Waals surface area contributed by atoms with Crippen molar-refractivity contribution in [2.45, 2.75) is 50.9 Å². The molecule has 2 fully saturated rings. The first-order valence-corrected chi connectivity index (χ1v) is 10.1. The average molecular weight is 389 g/mol. The van der Waals surface area contributed by atoms with Gasteiger partial charge < -0.3 is 9.84 Å². The van der Waals surface area contributed by atoms with E-state index in [0.717, 1.165) is 30.5 Å². The first-order valence-electron chi connectivity index (χ1n) is 10.1. The van der Waals surface area contributed by atoms with Crippen LogP contribution in [0.2, 0.25) is 0 Å². The van der Waals surface area contributed by atoms with E-state index in [1.165, 1.54) is 18.4 Å². The van der Waals surface area contributed by atoms with Crippen molar-refractivity contribution >= 4 is 5.91 Å². The Kier molecular flexibility index (Phi) is 4.81. The Balaban J connectivity index is 1.24. The maximum absolute atomic E-state index is 12.2. The second-order valence-corrected chi connectivity index (χ2v) is 7.83. The number of hydrogen-bond donors (Lipinski definition) is 1. The van der Waals surface area contributed by atoms with E-state index in [1.807, 2.05) is 36.4 Å². The topological polar surface area (TPSA) is 84.2 Å². The second-order valence-electron chi connectivity index (χ2n) is 7.83. The first kappa shape index (κ1) is 18.0. The zero-order chi connectivity index (χ0) is 19.6. The van der Waals surface area contributed by atoms with Gasteiger partial charge in [0.15, 0.2) is 0 Å². The summed E-state index contributed by atoms with van der Waals surface area (Å²) in [6.45, 7) is 1.40. The Morgan fingerprint density at radius 3 is 2.62 bits per heavy atom. The second kappa shape index (κ2) is 7.75. The summed E-state index contributed by atoms with van der Waals surface area (Å²) in [4.78, 5) is 23.1. The number of amides is 1. The molecule has 29 heavy (non-hydrogen) atoms. The van der Waals surface area contributed by atoms with Gasteiger partial charge in [0.2, 0.25) is 11.7 Å². The van der Waals surface area contributed by atoms with Crippen LogP contribution in [0.25, 0.3) is 11.4 Å². The van der Waals surface area contributed by atoms with E-state index in [1.54, 1.807) is 12.4 Å². The quantitative estimate of drug-likeness (QED) is 0.637. The van der Waals surface area contributed by atoms with Crippen LogP contribution in [-0.2, 0) is 13.1 Å². The molecule has 1 N–H and O–H groups in total. The van der Waals surface area contributed by atoms with Crippen molar-refractivity contribution in [2.75, 3.05) is 0 Å². The van der Waals surface area contributed by atoms with Crippen molar-refractivity contribution in [1.29, 1.82) is 0 Å². The number of aromatic nitrogens is 3. The minimum absolute atomic E-state index is 0.0203. The SMILES string of the molecule is O=C(NC1CC1)c1ccc(CN(Cc2nc(-c3cccnc3)no2)C2CC2)cc1. The molecule has 1 aromatic carbocycles. The maximum atomic E-state index is 12.2. The lowest BCUT2D eigenvalue weighted by Gasteiger charge is -2.20. The Hall–Kier alpha value is -3.06. The molecule has 0 atom stereocenters. The van der Waals surface area contributed by atoms with Crippen LogP contribution in [0, 0.1) is 0 Å². The van der Waals surface area contributed by atoms with Gasteiger partial charge in [0.1, 0.15) is 0 Å². The molecule has 5 rings (SSSR count). The molecule has 7 nitrogen and oxygen atoms in total. The Morgan fingerprint density at radius 2 is 1.93 bits per heavy atom. The van der Waals surface area contributed by atoms with Gasteiger partial charge in [0.25, 0.3) is 5.91 Å². The van der Waals surface area contributed by atoms with Gasteiger partial charge in [-0.1, -0.05) is 17.3 Å². The largest absolute Gasteiger partial charge is 0.349 e. The maximum Gasteiger partial charge on any atom is 0.251 e. The van der Waals surface area contributed by atoms with Gasteiger partial charge in [-0.05, 0) is 55.5 Å². The fraction of sp³-hybridized carbons (Fsp3) is 0.364. The molecule has 2 saturated carbocycles. The van der Waals surface area contributed by atoms with Crippen LogP contribution in [0.3, 0.4) is 0 Å². The van der Waals surface area contributed by atoms with Gasteiger partial charge in [0.05, 0.1) is 6.54 Å². The zero-order valence-electron chi connectivity index (χ0n) is 16.1. The van der Waals surface area contributed by atoms with Crippen molar-refractivity contribution in [3.8, 4) is 11.4 Å². The van der Waals surface area contributed by atoms with Gasteiger partial charge in [-0.15, -0.1) is 0 Å². The molecule has 0 unspecified atom stereocenters. The molecule has 0 spiro atoms. The molecule has 0 radical (unpaired) electrons. The highest BCUT2D eigenvalue weighted by molar-refractivity contribution is 5.94. The highest BCUT2D eigenvalue weighted by Gasteiger charge is 2.30. The molecular formula is C22H23N5O2. The van der Waals surface area contributed by atoms with Crippen LogP contribution >= 0.6 is 0 Å². The summed E-state index contributed by atoms with van der Waals surface area (Å²) in [7, 11) is 0. The van der Waals surface area contributed by atoms with E-state index in [4.69, 9.17) is 4.52 Å². The molecule has 0 aliphatic heterocycles. The lowest BCUT2D eigenvalue weighted by Crippen LogP contribution is -2.26. The highest BCUT2D eigenvalue weighted by atomic mass is 16.5. The van der Waals surface area contributed by atoms with Crippen molar-refractivity contribution < 1.29 is 9.32 Å². The fourth-order valence-corrected chi connectivity index (χ4v) is 3.35. The third-order valence-electron chi connectivity index (χ3n) is 5.30. The Bertz CT molecular complexity index is 978. The Morgan fingerprint density at radius 1 is 1.10 bits per heavy atom. The van der Waals surface area contributed by atoms with Crippen LogP contribution in [0.4, 0.5) is 0 Å². The summed E-state index contributed by atoms with van der Waals surface area (Å²) < 4.78 is 5.48. The molecular weight excluding hydrogens is 366 g/mol. The summed E-state index contributed by atoms with van der Waals surface area (Å²) in [6, 6.07) is 12.6. The van der Waals surface area contributed by atoms with Gasteiger partial charge in [-0.2, -0.15) is 4.98 Å². The van der Waals surface area contributed by atoms with E-state index >= 15 is 0 Å². The smallest absolute Gasteiger partial charge is 0.251 e. The molecule has 2 aliphatic carbocycles. The normalized spacial score (nSPS) is 16.2. The summed E-state index contributed by atoms with van der Waals surface area (Å²) in [6.07, 6.45) is 8.02. The van der Waals surface area contributed by atoms with Crippen LogP contribution in [0.1, 0.15) is 47.5 Å². The number of carbonyl (C=O) groups excluding carboxylic acids is 1. The predicted molar refractivity (Wildman–Crippen MR) is 107 cm³/mol. The zero-order valence-corrected chi connectivity index (χ0v) is 16.1. The van der Waals surface area contributed by atoms with Crippen LogP contribution in [0.5, 0.6) is 0 Å². The van der Waals surface area contributed by atoms with E-state index in [-0.39, 0.29) is 5.91 Å². The third kappa shape index (κ3) is 4.51. The molecule has 2 aromatic heterocycles. The number of nitrogens with zero attached hydrogens (tertiary/aromatic N) is 4. The minimum atomic E-state index is 0.0203. The monoisotopic (exact) mass is 389 g/mol. The van der Waals surface area contributed by atoms with Gasteiger partial charge in [0, 0.05) is 42.1 Å². The predicted octanol–water partition coefficient (Wildman–Crippen LogP) is 3.19. The summed E-state index contributed by atoms with van der Waals surface area (Å²) in [5, 5.41) is 7.11. The summed E-state index contributed by atoms with van der Waals surface area (Å²) in [5.41, 5.74) is 2.74. The number of nitrogens with one attached hydrogen (secondary N) is 1. The summed E-state index contributed by atoms with van der Waals surface area (Å²) >= 11 is 0. The van der Waals surface area contributed by atoms with E-state index in [9.17, 15) is 4.79 Å². The molecule has 2 aliphatic rings. The van der Waals surface area contributed by atoms with Crippen LogP contribution < -0.4 is 5.32 Å². The van der Waals surface area contributed by atoms with Crippen LogP contribution in [-0.4, -0.2) is 38.0 Å². The fourth-order valence-electron chi connectivity index (χ4n) is 3.35. The molecule has 1 amide bonds. The lowest BCUT2D eigenvalue weighted by molar-refractivity contribution is 0.0951. The number of rotatable bonds is 8. The van der Waals surface area contributed by atoms with E-state index in [0.29, 0.717) is 30.3 Å². The number of benzene rings is 1. The van der Waals surface area contributed by atoms with Crippen molar-refractivity contribution in [2.24, 2.45) is 0 Å². The Labute approximate surface area is 169 Å². The third-order valence-corrected chi connectivity index (χ3v) is 5.30. The molecule has 0 bridgehead atoms. The minimum Gasteiger partial charge on any atom is -0.349 e. The van der Waals surface area contributed by atoms with Crippen LogP contribution in [0.15, 0.2) is 53.3 Å². The molecule has 7 heteroatoms. The number of carbonyl (C=O) groups is 1. The first-order chi connectivity index (χ1) is 14.2. The van der Waals surface area contributed by atoms with Crippen molar-refractivity contribution in [1.82, 2.24) is 25.3 Å². The number of hydrogen-bond acceptors (Lipinski definition) is 6. The average Bonchev–Trinajstić information content (AvgIpc) is 3.69. The van der Waals surface area contributed by atoms with E-state index in [2.05, 4.69) is 25.3 Å². The molecule has 2 heterocycles. The highest BCUT2D eigenvalue weighted by Crippen LogP contribution is 2.30. The van der Waals surface area contributed by atoms with Gasteiger partial charge in [-0.3, -0.25) is 14.7 Å². The summed E-state index contributed by atoms with van der Waals surface area (Å²) in [5.74, 6) is 1.19. The standard InChI is InChI=1S/C22H23N5O2/c28-22(24-18-7-8-18)16-5-3-15(4-6-16)13-27(19-9-10-19)14-20-25-21(26-29-20)17-2-1-11-23-12-17/h1-6,11-12,18-19H,7-10,13-14H2,(H,24,28).